The number of rotatable bonds is 4. The lowest BCUT2D eigenvalue weighted by atomic mass is 10.2. The molecule has 1 aromatic heterocycles. The fourth-order valence-corrected chi connectivity index (χ4v) is 2.65. The second-order valence-electron chi connectivity index (χ2n) is 4.81. The molecule has 2 aromatic carbocycles. The Morgan fingerprint density at radius 1 is 1.19 bits per heavy atom. The number of fused-ring (bicyclic) bond motifs is 1. The molecule has 0 N–H and O–H groups in total. The highest BCUT2D eigenvalue weighted by Gasteiger charge is 2.07. The van der Waals surface area contributed by atoms with Crippen molar-refractivity contribution in [3.63, 3.8) is 0 Å². The summed E-state index contributed by atoms with van der Waals surface area (Å²) in [6, 6.07) is 12.8. The van der Waals surface area contributed by atoms with E-state index in [1.165, 1.54) is 6.07 Å². The maximum atomic E-state index is 13.2. The van der Waals surface area contributed by atoms with Crippen molar-refractivity contribution in [1.82, 2.24) is 4.57 Å². The van der Waals surface area contributed by atoms with E-state index < -0.39 is 5.82 Å². The van der Waals surface area contributed by atoms with Gasteiger partial charge in [-0.3, -0.25) is 0 Å². The molecule has 3 aromatic rings. The number of benzene rings is 2. The molecule has 0 aliphatic carbocycles. The lowest BCUT2D eigenvalue weighted by Crippen LogP contribution is -1.98. The van der Waals surface area contributed by atoms with Crippen LogP contribution in [0.5, 0.6) is 5.75 Å². The highest BCUT2D eigenvalue weighted by molar-refractivity contribution is 6.30. The van der Waals surface area contributed by atoms with Crippen LogP contribution in [-0.4, -0.2) is 11.2 Å². The average molecular weight is 304 g/mol. The summed E-state index contributed by atoms with van der Waals surface area (Å²) in [5, 5.41) is 1.23. The standard InChI is InChI=1S/C17H15ClFNO/c1-2-21-17-5-3-4-16-13(17)8-9-20(16)11-12-6-7-15(19)14(18)10-12/h3-10H,2,11H2,1H3. The predicted octanol–water partition coefficient (Wildman–Crippen LogP) is 4.88. The Balaban J connectivity index is 1.97. The molecular weight excluding hydrogens is 289 g/mol. The molecular formula is C17H15ClFNO. The van der Waals surface area contributed by atoms with E-state index in [0.29, 0.717) is 13.2 Å². The van der Waals surface area contributed by atoms with Gasteiger partial charge in [0.05, 0.1) is 17.1 Å². The van der Waals surface area contributed by atoms with Gasteiger partial charge in [-0.05, 0) is 42.8 Å². The lowest BCUT2D eigenvalue weighted by Gasteiger charge is -2.08. The Hall–Kier alpha value is -2.00. The Morgan fingerprint density at radius 2 is 2.05 bits per heavy atom. The Labute approximate surface area is 127 Å². The summed E-state index contributed by atoms with van der Waals surface area (Å²) in [6.45, 7) is 3.24. The predicted molar refractivity (Wildman–Crippen MR) is 83.6 cm³/mol. The molecule has 0 unspecified atom stereocenters. The zero-order valence-corrected chi connectivity index (χ0v) is 12.4. The first-order valence-electron chi connectivity index (χ1n) is 6.83. The van der Waals surface area contributed by atoms with Crippen molar-refractivity contribution >= 4 is 22.5 Å². The van der Waals surface area contributed by atoms with Gasteiger partial charge in [0.2, 0.25) is 0 Å². The van der Waals surface area contributed by atoms with Gasteiger partial charge in [-0.15, -0.1) is 0 Å². The monoisotopic (exact) mass is 303 g/mol. The zero-order valence-electron chi connectivity index (χ0n) is 11.6. The van der Waals surface area contributed by atoms with E-state index in [4.69, 9.17) is 16.3 Å². The number of halogens is 2. The third kappa shape index (κ3) is 2.74. The molecule has 0 amide bonds. The zero-order chi connectivity index (χ0) is 14.8. The Bertz CT molecular complexity index is 782. The smallest absolute Gasteiger partial charge is 0.141 e. The van der Waals surface area contributed by atoms with E-state index >= 15 is 0 Å². The molecule has 0 radical (unpaired) electrons. The number of aromatic nitrogens is 1. The van der Waals surface area contributed by atoms with Gasteiger partial charge in [0, 0.05) is 18.1 Å². The van der Waals surface area contributed by atoms with Crippen LogP contribution in [0.2, 0.25) is 5.02 Å². The summed E-state index contributed by atoms with van der Waals surface area (Å²) in [7, 11) is 0. The number of hydrogen-bond donors (Lipinski definition) is 0. The summed E-state index contributed by atoms with van der Waals surface area (Å²) >= 11 is 5.83. The van der Waals surface area contributed by atoms with Gasteiger partial charge in [0.1, 0.15) is 11.6 Å². The van der Waals surface area contributed by atoms with Gasteiger partial charge in [-0.2, -0.15) is 0 Å². The van der Waals surface area contributed by atoms with Crippen LogP contribution >= 0.6 is 11.6 Å². The summed E-state index contributed by atoms with van der Waals surface area (Å²) in [4.78, 5) is 0. The average Bonchev–Trinajstić information content (AvgIpc) is 2.88. The minimum absolute atomic E-state index is 0.152. The SMILES string of the molecule is CCOc1cccc2c1ccn2Cc1ccc(F)c(Cl)c1. The number of nitrogens with zero attached hydrogens (tertiary/aromatic N) is 1. The van der Waals surface area contributed by atoms with Crippen LogP contribution in [0.15, 0.2) is 48.7 Å². The van der Waals surface area contributed by atoms with E-state index in [1.807, 2.05) is 37.4 Å². The Kier molecular flexibility index (Phi) is 3.84. The van der Waals surface area contributed by atoms with Gasteiger partial charge in [0.25, 0.3) is 0 Å². The third-order valence-corrected chi connectivity index (χ3v) is 3.70. The summed E-state index contributed by atoms with van der Waals surface area (Å²) < 4.78 is 20.9. The molecule has 108 valence electrons. The van der Waals surface area contributed by atoms with Gasteiger partial charge in [-0.1, -0.05) is 23.7 Å². The van der Waals surface area contributed by atoms with Crippen LogP contribution in [-0.2, 0) is 6.54 Å². The van der Waals surface area contributed by atoms with Crippen LogP contribution in [0.1, 0.15) is 12.5 Å². The second-order valence-corrected chi connectivity index (χ2v) is 5.22. The summed E-state index contributed by atoms with van der Waals surface area (Å²) in [6.07, 6.45) is 2.00. The molecule has 2 nitrogen and oxygen atoms in total. The molecule has 0 saturated heterocycles. The molecule has 0 spiro atoms. The quantitative estimate of drug-likeness (QED) is 0.670. The fourth-order valence-electron chi connectivity index (χ4n) is 2.45. The minimum Gasteiger partial charge on any atom is -0.493 e. The molecule has 0 bridgehead atoms. The molecule has 0 saturated carbocycles. The highest BCUT2D eigenvalue weighted by atomic mass is 35.5. The first-order valence-corrected chi connectivity index (χ1v) is 7.21. The van der Waals surface area contributed by atoms with Crippen molar-refractivity contribution in [2.24, 2.45) is 0 Å². The van der Waals surface area contributed by atoms with Crippen LogP contribution in [0.25, 0.3) is 10.9 Å². The molecule has 0 fully saturated rings. The van der Waals surface area contributed by atoms with Crippen molar-refractivity contribution in [2.45, 2.75) is 13.5 Å². The topological polar surface area (TPSA) is 14.2 Å². The van der Waals surface area contributed by atoms with Crippen molar-refractivity contribution in [3.05, 3.63) is 65.1 Å². The molecule has 3 rings (SSSR count). The first-order chi connectivity index (χ1) is 10.2. The molecule has 1 heterocycles. The van der Waals surface area contributed by atoms with Gasteiger partial charge >= 0.3 is 0 Å². The maximum absolute atomic E-state index is 13.2. The van der Waals surface area contributed by atoms with Gasteiger partial charge < -0.3 is 9.30 Å². The Morgan fingerprint density at radius 3 is 2.81 bits per heavy atom. The summed E-state index contributed by atoms with van der Waals surface area (Å²) in [5.74, 6) is 0.488. The van der Waals surface area contributed by atoms with Gasteiger partial charge in [0.15, 0.2) is 0 Å². The van der Waals surface area contributed by atoms with Crippen LogP contribution in [0.3, 0.4) is 0 Å². The van der Waals surface area contributed by atoms with Crippen molar-refractivity contribution in [2.75, 3.05) is 6.61 Å². The maximum Gasteiger partial charge on any atom is 0.141 e. The van der Waals surface area contributed by atoms with Crippen LogP contribution < -0.4 is 4.74 Å². The van der Waals surface area contributed by atoms with Crippen LogP contribution in [0, 0.1) is 5.82 Å². The first kappa shape index (κ1) is 14.0. The van der Waals surface area contributed by atoms with E-state index in [9.17, 15) is 4.39 Å². The van der Waals surface area contributed by atoms with Crippen molar-refractivity contribution in [1.29, 1.82) is 0 Å². The largest absolute Gasteiger partial charge is 0.493 e. The summed E-state index contributed by atoms with van der Waals surface area (Å²) in [5.41, 5.74) is 2.04. The fraction of sp³-hybridized carbons (Fsp3) is 0.176. The van der Waals surface area contributed by atoms with E-state index in [2.05, 4.69) is 4.57 Å². The minimum atomic E-state index is -0.392. The van der Waals surface area contributed by atoms with E-state index in [-0.39, 0.29) is 5.02 Å². The van der Waals surface area contributed by atoms with Gasteiger partial charge in [-0.25, -0.2) is 4.39 Å². The third-order valence-electron chi connectivity index (χ3n) is 3.41. The number of hydrogen-bond acceptors (Lipinski definition) is 1. The lowest BCUT2D eigenvalue weighted by molar-refractivity contribution is 0.344. The molecule has 0 atom stereocenters. The second kappa shape index (κ2) is 5.78. The number of ether oxygens (including phenoxy) is 1. The van der Waals surface area contributed by atoms with Crippen LogP contribution in [0.4, 0.5) is 4.39 Å². The van der Waals surface area contributed by atoms with Crippen molar-refractivity contribution in [3.8, 4) is 5.75 Å². The molecule has 21 heavy (non-hydrogen) atoms. The van der Waals surface area contributed by atoms with Crippen molar-refractivity contribution < 1.29 is 9.13 Å². The molecule has 0 aliphatic rings. The molecule has 4 heteroatoms. The highest BCUT2D eigenvalue weighted by Crippen LogP contribution is 2.27. The normalized spacial score (nSPS) is 11.0. The molecule has 0 aliphatic heterocycles. The van der Waals surface area contributed by atoms with E-state index in [1.54, 1.807) is 12.1 Å². The van der Waals surface area contributed by atoms with E-state index in [0.717, 1.165) is 22.2 Å².